The Morgan fingerprint density at radius 3 is 2.48 bits per heavy atom. The fourth-order valence-electron chi connectivity index (χ4n) is 2.51. The lowest BCUT2D eigenvalue weighted by Gasteiger charge is -2.21. The third-order valence-corrected chi connectivity index (χ3v) is 4.26. The third-order valence-electron chi connectivity index (χ3n) is 3.54. The highest BCUT2D eigenvalue weighted by atomic mass is 127. The highest BCUT2D eigenvalue weighted by Gasteiger charge is 2.16. The van der Waals surface area contributed by atoms with Gasteiger partial charge in [0.25, 0.3) is 0 Å². The number of halogens is 1. The molecule has 0 aliphatic rings. The molecule has 0 bridgehead atoms. The van der Waals surface area contributed by atoms with Gasteiger partial charge in [0.1, 0.15) is 0 Å². The van der Waals surface area contributed by atoms with Crippen LogP contribution >= 0.6 is 22.6 Å². The van der Waals surface area contributed by atoms with Crippen LogP contribution in [0.15, 0.2) is 30.3 Å². The fraction of sp³-hybridized carbons (Fsp3) is 0.412. The van der Waals surface area contributed by atoms with Gasteiger partial charge in [0.15, 0.2) is 0 Å². The maximum atomic E-state index is 4.36. The SMILES string of the molecule is CCNC(Cc1ccc(I)cc1)c1cc(C)nnc1CC. The molecule has 21 heavy (non-hydrogen) atoms. The summed E-state index contributed by atoms with van der Waals surface area (Å²) in [5, 5.41) is 12.2. The highest BCUT2D eigenvalue weighted by Crippen LogP contribution is 2.22. The van der Waals surface area contributed by atoms with E-state index in [0.29, 0.717) is 6.04 Å². The zero-order chi connectivity index (χ0) is 15.2. The van der Waals surface area contributed by atoms with Gasteiger partial charge in [-0.25, -0.2) is 0 Å². The molecule has 1 N–H and O–H groups in total. The van der Waals surface area contributed by atoms with E-state index < -0.39 is 0 Å². The van der Waals surface area contributed by atoms with E-state index in [1.165, 1.54) is 14.7 Å². The summed E-state index contributed by atoms with van der Waals surface area (Å²) in [6.45, 7) is 7.23. The normalized spacial score (nSPS) is 12.4. The zero-order valence-electron chi connectivity index (χ0n) is 12.9. The summed E-state index contributed by atoms with van der Waals surface area (Å²) in [5.41, 5.74) is 4.70. The maximum Gasteiger partial charge on any atom is 0.0676 e. The van der Waals surface area contributed by atoms with Crippen LogP contribution in [0, 0.1) is 10.5 Å². The molecule has 0 saturated carbocycles. The Hall–Kier alpha value is -1.01. The molecule has 0 amide bonds. The van der Waals surface area contributed by atoms with E-state index >= 15 is 0 Å². The molecule has 0 radical (unpaired) electrons. The number of hydrogen-bond acceptors (Lipinski definition) is 3. The second-order valence-electron chi connectivity index (χ2n) is 5.18. The molecule has 2 rings (SSSR count). The van der Waals surface area contributed by atoms with E-state index in [4.69, 9.17) is 0 Å². The Labute approximate surface area is 140 Å². The minimum atomic E-state index is 0.291. The lowest BCUT2D eigenvalue weighted by atomic mass is 9.96. The van der Waals surface area contributed by atoms with Crippen molar-refractivity contribution in [2.24, 2.45) is 0 Å². The van der Waals surface area contributed by atoms with Crippen LogP contribution in [-0.2, 0) is 12.8 Å². The van der Waals surface area contributed by atoms with Gasteiger partial charge in [0.05, 0.1) is 11.4 Å². The minimum absolute atomic E-state index is 0.291. The van der Waals surface area contributed by atoms with E-state index in [-0.39, 0.29) is 0 Å². The Bertz CT molecular complexity index is 581. The molecule has 1 aromatic heterocycles. The Balaban J connectivity index is 2.30. The van der Waals surface area contributed by atoms with Crippen molar-refractivity contribution in [2.75, 3.05) is 6.54 Å². The average Bonchev–Trinajstić information content (AvgIpc) is 2.49. The van der Waals surface area contributed by atoms with Gasteiger partial charge in [-0.05, 0) is 78.2 Å². The summed E-state index contributed by atoms with van der Waals surface area (Å²) in [4.78, 5) is 0. The molecule has 0 aliphatic carbocycles. The summed E-state index contributed by atoms with van der Waals surface area (Å²) in [7, 11) is 0. The van der Waals surface area contributed by atoms with Crippen LogP contribution in [0.4, 0.5) is 0 Å². The lowest BCUT2D eigenvalue weighted by Crippen LogP contribution is -2.25. The van der Waals surface area contributed by atoms with Gasteiger partial charge in [-0.15, -0.1) is 0 Å². The van der Waals surface area contributed by atoms with Crippen molar-refractivity contribution in [1.29, 1.82) is 0 Å². The minimum Gasteiger partial charge on any atom is -0.310 e. The van der Waals surface area contributed by atoms with Crippen molar-refractivity contribution in [3.8, 4) is 0 Å². The molecule has 4 heteroatoms. The molecule has 0 aliphatic heterocycles. The van der Waals surface area contributed by atoms with Gasteiger partial charge in [-0.1, -0.05) is 26.0 Å². The van der Waals surface area contributed by atoms with E-state index in [2.05, 4.69) is 82.3 Å². The summed E-state index contributed by atoms with van der Waals surface area (Å²) in [5.74, 6) is 0. The van der Waals surface area contributed by atoms with Crippen LogP contribution in [0.1, 0.15) is 42.4 Å². The van der Waals surface area contributed by atoms with Crippen molar-refractivity contribution < 1.29 is 0 Å². The van der Waals surface area contributed by atoms with E-state index in [0.717, 1.165) is 30.8 Å². The lowest BCUT2D eigenvalue weighted by molar-refractivity contribution is 0.540. The first kappa shape index (κ1) is 16.4. The zero-order valence-corrected chi connectivity index (χ0v) is 15.0. The first-order valence-electron chi connectivity index (χ1n) is 7.45. The molecular weight excluding hydrogens is 373 g/mol. The molecule has 2 aromatic rings. The molecule has 1 heterocycles. The summed E-state index contributed by atoms with van der Waals surface area (Å²) < 4.78 is 1.27. The van der Waals surface area contributed by atoms with Crippen molar-refractivity contribution in [3.63, 3.8) is 0 Å². The number of likely N-dealkylation sites (N-methyl/N-ethyl adjacent to an activating group) is 1. The average molecular weight is 395 g/mol. The first-order valence-corrected chi connectivity index (χ1v) is 8.52. The monoisotopic (exact) mass is 395 g/mol. The van der Waals surface area contributed by atoms with Gasteiger partial charge < -0.3 is 5.32 Å². The van der Waals surface area contributed by atoms with Crippen LogP contribution in [0.5, 0.6) is 0 Å². The molecule has 1 aromatic carbocycles. The van der Waals surface area contributed by atoms with E-state index in [1.807, 2.05) is 6.92 Å². The Kier molecular flexibility index (Phi) is 6.11. The van der Waals surface area contributed by atoms with E-state index in [9.17, 15) is 0 Å². The molecule has 0 fully saturated rings. The molecule has 3 nitrogen and oxygen atoms in total. The predicted octanol–water partition coefficient (Wildman–Crippen LogP) is 3.85. The molecule has 0 saturated heterocycles. The highest BCUT2D eigenvalue weighted by molar-refractivity contribution is 14.1. The summed E-state index contributed by atoms with van der Waals surface area (Å²) in [6.07, 6.45) is 1.89. The second-order valence-corrected chi connectivity index (χ2v) is 6.43. The predicted molar refractivity (Wildman–Crippen MR) is 95.4 cm³/mol. The summed E-state index contributed by atoms with van der Waals surface area (Å²) in [6, 6.07) is 11.2. The Morgan fingerprint density at radius 1 is 1.14 bits per heavy atom. The molecule has 112 valence electrons. The Morgan fingerprint density at radius 2 is 1.86 bits per heavy atom. The van der Waals surface area contributed by atoms with Crippen molar-refractivity contribution in [3.05, 3.63) is 56.4 Å². The fourth-order valence-corrected chi connectivity index (χ4v) is 2.86. The summed E-state index contributed by atoms with van der Waals surface area (Å²) >= 11 is 2.34. The standard InChI is InChI=1S/C17H22IN3/c1-4-16-15(10-12(3)20-21-16)17(19-5-2)11-13-6-8-14(18)9-7-13/h6-10,17,19H,4-5,11H2,1-3H3. The second kappa shape index (κ2) is 7.84. The number of aryl methyl sites for hydroxylation is 2. The maximum absolute atomic E-state index is 4.36. The van der Waals surface area contributed by atoms with Gasteiger partial charge >= 0.3 is 0 Å². The molecule has 1 atom stereocenters. The smallest absolute Gasteiger partial charge is 0.0676 e. The number of benzene rings is 1. The largest absolute Gasteiger partial charge is 0.310 e. The van der Waals surface area contributed by atoms with Crippen LogP contribution in [0.25, 0.3) is 0 Å². The van der Waals surface area contributed by atoms with Gasteiger partial charge in [0, 0.05) is 9.61 Å². The third kappa shape index (κ3) is 4.48. The van der Waals surface area contributed by atoms with Crippen LogP contribution in [-0.4, -0.2) is 16.7 Å². The number of aromatic nitrogens is 2. The first-order chi connectivity index (χ1) is 10.1. The molecule has 1 unspecified atom stereocenters. The topological polar surface area (TPSA) is 37.8 Å². The van der Waals surface area contributed by atoms with Gasteiger partial charge in [-0.2, -0.15) is 10.2 Å². The number of nitrogens with zero attached hydrogens (tertiary/aromatic N) is 2. The van der Waals surface area contributed by atoms with Crippen LogP contribution < -0.4 is 5.32 Å². The van der Waals surface area contributed by atoms with Gasteiger partial charge in [-0.3, -0.25) is 0 Å². The van der Waals surface area contributed by atoms with Gasteiger partial charge in [0.2, 0.25) is 0 Å². The quantitative estimate of drug-likeness (QED) is 0.756. The van der Waals surface area contributed by atoms with E-state index in [1.54, 1.807) is 0 Å². The van der Waals surface area contributed by atoms with Crippen LogP contribution in [0.3, 0.4) is 0 Å². The molecule has 0 spiro atoms. The molecular formula is C17H22IN3. The van der Waals surface area contributed by atoms with Crippen molar-refractivity contribution >= 4 is 22.6 Å². The number of hydrogen-bond donors (Lipinski definition) is 1. The number of nitrogens with one attached hydrogen (secondary N) is 1. The van der Waals surface area contributed by atoms with Crippen molar-refractivity contribution in [2.45, 2.75) is 39.7 Å². The number of rotatable bonds is 6. The van der Waals surface area contributed by atoms with Crippen LogP contribution in [0.2, 0.25) is 0 Å². The van der Waals surface area contributed by atoms with Crippen molar-refractivity contribution in [1.82, 2.24) is 15.5 Å².